The van der Waals surface area contributed by atoms with Crippen LogP contribution in [0.3, 0.4) is 0 Å². The topological polar surface area (TPSA) is 21.3 Å². The second-order valence-corrected chi connectivity index (χ2v) is 5.86. The summed E-state index contributed by atoms with van der Waals surface area (Å²) in [6.45, 7) is 2.47. The van der Waals surface area contributed by atoms with Crippen molar-refractivity contribution in [1.29, 1.82) is 0 Å². The SMILES string of the molecule is Cc1cc(Oc2cc(Cl)ccc2CNC2CC2)ccc1F. The van der Waals surface area contributed by atoms with Crippen LogP contribution in [0.1, 0.15) is 24.0 Å². The van der Waals surface area contributed by atoms with Crippen molar-refractivity contribution in [2.75, 3.05) is 0 Å². The number of nitrogens with one attached hydrogen (secondary N) is 1. The lowest BCUT2D eigenvalue weighted by molar-refractivity contribution is 0.470. The Labute approximate surface area is 128 Å². The quantitative estimate of drug-likeness (QED) is 0.854. The van der Waals surface area contributed by atoms with Gasteiger partial charge in [0.2, 0.25) is 0 Å². The van der Waals surface area contributed by atoms with E-state index in [9.17, 15) is 4.39 Å². The third-order valence-corrected chi connectivity index (χ3v) is 3.78. The second kappa shape index (κ2) is 6.04. The minimum Gasteiger partial charge on any atom is -0.457 e. The first kappa shape index (κ1) is 14.4. The van der Waals surface area contributed by atoms with Crippen LogP contribution >= 0.6 is 11.6 Å². The molecule has 0 atom stereocenters. The summed E-state index contributed by atoms with van der Waals surface area (Å²) >= 11 is 6.05. The molecule has 0 aliphatic heterocycles. The Morgan fingerprint density at radius 2 is 2.05 bits per heavy atom. The predicted octanol–water partition coefficient (Wildman–Crippen LogP) is 4.83. The van der Waals surface area contributed by atoms with Gasteiger partial charge in [0.25, 0.3) is 0 Å². The summed E-state index contributed by atoms with van der Waals surface area (Å²) in [4.78, 5) is 0. The summed E-state index contributed by atoms with van der Waals surface area (Å²) in [7, 11) is 0. The van der Waals surface area contributed by atoms with Crippen LogP contribution in [0.5, 0.6) is 11.5 Å². The maximum atomic E-state index is 13.3. The van der Waals surface area contributed by atoms with Gasteiger partial charge < -0.3 is 10.1 Å². The van der Waals surface area contributed by atoms with Crippen LogP contribution in [0, 0.1) is 12.7 Å². The van der Waals surface area contributed by atoms with Crippen molar-refractivity contribution >= 4 is 11.6 Å². The van der Waals surface area contributed by atoms with E-state index in [1.54, 1.807) is 25.1 Å². The molecule has 1 fully saturated rings. The van der Waals surface area contributed by atoms with Crippen molar-refractivity contribution in [1.82, 2.24) is 5.32 Å². The number of halogens is 2. The van der Waals surface area contributed by atoms with Crippen LogP contribution in [0.15, 0.2) is 36.4 Å². The molecule has 2 aromatic carbocycles. The Kier molecular flexibility index (Phi) is 4.13. The smallest absolute Gasteiger partial charge is 0.133 e. The molecule has 1 saturated carbocycles. The van der Waals surface area contributed by atoms with Gasteiger partial charge in [-0.05, 0) is 55.7 Å². The lowest BCUT2D eigenvalue weighted by atomic mass is 10.2. The molecule has 1 aliphatic rings. The Morgan fingerprint density at radius 1 is 1.24 bits per heavy atom. The molecule has 21 heavy (non-hydrogen) atoms. The van der Waals surface area contributed by atoms with Gasteiger partial charge in [-0.2, -0.15) is 0 Å². The van der Waals surface area contributed by atoms with Crippen molar-refractivity contribution in [3.63, 3.8) is 0 Å². The summed E-state index contributed by atoms with van der Waals surface area (Å²) in [6, 6.07) is 11.0. The van der Waals surface area contributed by atoms with E-state index in [4.69, 9.17) is 16.3 Å². The third kappa shape index (κ3) is 3.74. The molecule has 1 aliphatic carbocycles. The lowest BCUT2D eigenvalue weighted by Gasteiger charge is -2.13. The van der Waals surface area contributed by atoms with Gasteiger partial charge in [-0.15, -0.1) is 0 Å². The van der Waals surface area contributed by atoms with Gasteiger partial charge in [0.1, 0.15) is 17.3 Å². The largest absolute Gasteiger partial charge is 0.457 e. The van der Waals surface area contributed by atoms with E-state index in [0.29, 0.717) is 28.1 Å². The van der Waals surface area contributed by atoms with Gasteiger partial charge in [-0.3, -0.25) is 0 Å². The summed E-state index contributed by atoms with van der Waals surface area (Å²) in [6.07, 6.45) is 2.47. The first-order valence-corrected chi connectivity index (χ1v) is 7.45. The molecule has 2 nitrogen and oxygen atoms in total. The van der Waals surface area contributed by atoms with Crippen LogP contribution in [0.25, 0.3) is 0 Å². The fourth-order valence-corrected chi connectivity index (χ4v) is 2.28. The van der Waals surface area contributed by atoms with Gasteiger partial charge in [0.05, 0.1) is 0 Å². The van der Waals surface area contributed by atoms with Crippen LogP contribution < -0.4 is 10.1 Å². The zero-order valence-electron chi connectivity index (χ0n) is 11.8. The van der Waals surface area contributed by atoms with Gasteiger partial charge in [-0.25, -0.2) is 4.39 Å². The number of hydrogen-bond acceptors (Lipinski definition) is 2. The Bertz CT molecular complexity index is 655. The van der Waals surface area contributed by atoms with E-state index in [0.717, 1.165) is 12.1 Å². The molecule has 4 heteroatoms. The minimum absolute atomic E-state index is 0.232. The Balaban J connectivity index is 1.81. The molecular formula is C17H17ClFNO. The van der Waals surface area contributed by atoms with Crippen molar-refractivity contribution in [3.05, 3.63) is 58.4 Å². The van der Waals surface area contributed by atoms with E-state index in [2.05, 4.69) is 5.32 Å². The Hall–Kier alpha value is -1.58. The van der Waals surface area contributed by atoms with Gasteiger partial charge in [0.15, 0.2) is 0 Å². The highest BCUT2D eigenvalue weighted by Gasteiger charge is 2.20. The zero-order valence-corrected chi connectivity index (χ0v) is 12.6. The number of rotatable bonds is 5. The van der Waals surface area contributed by atoms with E-state index in [1.165, 1.54) is 18.9 Å². The number of hydrogen-bond donors (Lipinski definition) is 1. The number of aryl methyl sites for hydroxylation is 1. The van der Waals surface area contributed by atoms with E-state index in [1.807, 2.05) is 12.1 Å². The molecule has 0 amide bonds. The minimum atomic E-state index is -0.232. The van der Waals surface area contributed by atoms with Gasteiger partial charge in [0, 0.05) is 23.2 Å². The third-order valence-electron chi connectivity index (χ3n) is 3.54. The van der Waals surface area contributed by atoms with E-state index in [-0.39, 0.29) is 5.82 Å². The molecule has 0 aromatic heterocycles. The maximum absolute atomic E-state index is 13.3. The molecule has 0 saturated heterocycles. The van der Waals surface area contributed by atoms with Crippen molar-refractivity contribution < 1.29 is 9.13 Å². The Morgan fingerprint density at radius 3 is 2.76 bits per heavy atom. The van der Waals surface area contributed by atoms with E-state index >= 15 is 0 Å². The molecular weight excluding hydrogens is 289 g/mol. The van der Waals surface area contributed by atoms with Gasteiger partial charge in [-0.1, -0.05) is 17.7 Å². The molecule has 0 radical (unpaired) electrons. The van der Waals surface area contributed by atoms with E-state index < -0.39 is 0 Å². The highest BCUT2D eigenvalue weighted by atomic mass is 35.5. The maximum Gasteiger partial charge on any atom is 0.133 e. The number of benzene rings is 2. The standard InChI is InChI=1S/C17H17ClFNO/c1-11-8-15(6-7-16(11)19)21-17-9-13(18)3-2-12(17)10-20-14-4-5-14/h2-3,6-9,14,20H,4-5,10H2,1H3. The fourth-order valence-electron chi connectivity index (χ4n) is 2.12. The van der Waals surface area contributed by atoms with Crippen molar-refractivity contribution in [2.45, 2.75) is 32.4 Å². The monoisotopic (exact) mass is 305 g/mol. The van der Waals surface area contributed by atoms with Crippen molar-refractivity contribution in [2.24, 2.45) is 0 Å². The molecule has 0 bridgehead atoms. The molecule has 3 rings (SSSR count). The van der Waals surface area contributed by atoms with Crippen LogP contribution in [-0.4, -0.2) is 6.04 Å². The fraction of sp³-hybridized carbons (Fsp3) is 0.294. The highest BCUT2D eigenvalue weighted by molar-refractivity contribution is 6.30. The molecule has 110 valence electrons. The predicted molar refractivity (Wildman–Crippen MR) is 82.5 cm³/mol. The highest BCUT2D eigenvalue weighted by Crippen LogP contribution is 2.30. The summed E-state index contributed by atoms with van der Waals surface area (Å²) < 4.78 is 19.2. The normalized spacial score (nSPS) is 14.2. The average Bonchev–Trinajstić information content (AvgIpc) is 3.26. The molecule has 0 heterocycles. The summed E-state index contributed by atoms with van der Waals surface area (Å²) in [5, 5.41) is 4.08. The summed E-state index contributed by atoms with van der Waals surface area (Å²) in [5.74, 6) is 1.09. The first-order chi connectivity index (χ1) is 10.1. The second-order valence-electron chi connectivity index (χ2n) is 5.42. The summed E-state index contributed by atoms with van der Waals surface area (Å²) in [5.41, 5.74) is 1.61. The van der Waals surface area contributed by atoms with Crippen LogP contribution in [-0.2, 0) is 6.54 Å². The number of ether oxygens (including phenoxy) is 1. The molecule has 0 unspecified atom stereocenters. The first-order valence-electron chi connectivity index (χ1n) is 7.07. The van der Waals surface area contributed by atoms with Crippen LogP contribution in [0.2, 0.25) is 5.02 Å². The van der Waals surface area contributed by atoms with Crippen molar-refractivity contribution in [3.8, 4) is 11.5 Å². The molecule has 2 aromatic rings. The molecule has 0 spiro atoms. The zero-order chi connectivity index (χ0) is 14.8. The molecule has 1 N–H and O–H groups in total. The van der Waals surface area contributed by atoms with Crippen LogP contribution in [0.4, 0.5) is 4.39 Å². The van der Waals surface area contributed by atoms with Gasteiger partial charge >= 0.3 is 0 Å². The lowest BCUT2D eigenvalue weighted by Crippen LogP contribution is -2.15. The average molecular weight is 306 g/mol.